The molecule has 1 aromatic carbocycles. The van der Waals surface area contributed by atoms with E-state index >= 15 is 0 Å². The molecule has 6 heteroatoms. The van der Waals surface area contributed by atoms with Crippen molar-refractivity contribution in [1.29, 1.82) is 0 Å². The largest absolute Gasteiger partial charge is 0.465 e. The summed E-state index contributed by atoms with van der Waals surface area (Å²) in [6, 6.07) is 6.73. The van der Waals surface area contributed by atoms with Gasteiger partial charge in [-0.15, -0.1) is 0 Å². The highest BCUT2D eigenvalue weighted by molar-refractivity contribution is 5.89. The molecule has 1 saturated heterocycles. The van der Waals surface area contributed by atoms with Crippen molar-refractivity contribution in [3.63, 3.8) is 0 Å². The Morgan fingerprint density at radius 1 is 1.27 bits per heavy atom. The molecule has 0 aromatic heterocycles. The van der Waals surface area contributed by atoms with Crippen molar-refractivity contribution in [2.75, 3.05) is 19.7 Å². The van der Waals surface area contributed by atoms with Gasteiger partial charge in [0, 0.05) is 13.1 Å². The maximum Gasteiger partial charge on any atom is 0.407 e. The molecule has 1 atom stereocenters. The molecule has 0 radical (unpaired) electrons. The number of carbonyl (C=O) groups is 2. The van der Waals surface area contributed by atoms with Gasteiger partial charge in [0.1, 0.15) is 0 Å². The minimum absolute atomic E-state index is 0.0315. The lowest BCUT2D eigenvalue weighted by Crippen LogP contribution is -2.38. The molecule has 1 amide bonds. The van der Waals surface area contributed by atoms with Gasteiger partial charge < -0.3 is 19.8 Å². The lowest BCUT2D eigenvalue weighted by atomic mass is 9.87. The fraction of sp³-hybridized carbons (Fsp3) is 0.500. The van der Waals surface area contributed by atoms with E-state index in [2.05, 4.69) is 0 Å². The van der Waals surface area contributed by atoms with Crippen LogP contribution in [0, 0.1) is 5.92 Å². The first-order valence-corrected chi connectivity index (χ1v) is 7.46. The summed E-state index contributed by atoms with van der Waals surface area (Å²) >= 11 is 0. The number of piperidine rings is 1. The first kappa shape index (κ1) is 16.3. The van der Waals surface area contributed by atoms with E-state index in [0.29, 0.717) is 38.1 Å². The van der Waals surface area contributed by atoms with E-state index in [-0.39, 0.29) is 11.9 Å². The van der Waals surface area contributed by atoms with E-state index in [1.165, 1.54) is 4.90 Å². The number of hydrogen-bond acceptors (Lipinski definition) is 4. The number of hydrogen-bond donors (Lipinski definition) is 2. The molecular weight excluding hydrogens is 286 g/mol. The summed E-state index contributed by atoms with van der Waals surface area (Å²) in [5.74, 6) is -0.345. The van der Waals surface area contributed by atoms with Gasteiger partial charge in [-0.1, -0.05) is 12.1 Å². The lowest BCUT2D eigenvalue weighted by Gasteiger charge is -2.32. The second-order valence-electron chi connectivity index (χ2n) is 5.39. The van der Waals surface area contributed by atoms with Crippen LogP contribution in [0.4, 0.5) is 4.79 Å². The quantitative estimate of drug-likeness (QED) is 0.833. The van der Waals surface area contributed by atoms with E-state index in [0.717, 1.165) is 5.56 Å². The molecule has 0 spiro atoms. The third-order valence-electron chi connectivity index (χ3n) is 4.02. The summed E-state index contributed by atoms with van der Waals surface area (Å²) in [4.78, 5) is 23.8. The van der Waals surface area contributed by atoms with Gasteiger partial charge in [0.2, 0.25) is 0 Å². The molecule has 0 saturated carbocycles. The summed E-state index contributed by atoms with van der Waals surface area (Å²) in [7, 11) is 0. The number of rotatable bonds is 4. The number of nitrogens with zero attached hydrogens (tertiary/aromatic N) is 1. The Labute approximate surface area is 129 Å². The van der Waals surface area contributed by atoms with E-state index in [1.807, 2.05) is 0 Å². The topological polar surface area (TPSA) is 87.1 Å². The maximum atomic E-state index is 11.6. The van der Waals surface area contributed by atoms with Gasteiger partial charge in [0.05, 0.1) is 18.3 Å². The molecule has 120 valence electrons. The van der Waals surface area contributed by atoms with Crippen LogP contribution in [0.3, 0.4) is 0 Å². The van der Waals surface area contributed by atoms with Crippen molar-refractivity contribution in [3.05, 3.63) is 35.4 Å². The monoisotopic (exact) mass is 307 g/mol. The Morgan fingerprint density at radius 2 is 1.86 bits per heavy atom. The number of benzene rings is 1. The average molecular weight is 307 g/mol. The van der Waals surface area contributed by atoms with E-state index in [1.54, 1.807) is 31.2 Å². The van der Waals surface area contributed by atoms with E-state index in [4.69, 9.17) is 9.84 Å². The minimum atomic E-state index is -0.910. The Kier molecular flexibility index (Phi) is 5.38. The highest BCUT2D eigenvalue weighted by atomic mass is 16.5. The van der Waals surface area contributed by atoms with Crippen LogP contribution in [0.1, 0.15) is 41.8 Å². The Balaban J connectivity index is 1.97. The Morgan fingerprint density at radius 3 is 2.36 bits per heavy atom. The van der Waals surface area contributed by atoms with Gasteiger partial charge in [-0.05, 0) is 43.4 Å². The molecule has 1 unspecified atom stereocenters. The van der Waals surface area contributed by atoms with Crippen LogP contribution in [0.25, 0.3) is 0 Å². The zero-order chi connectivity index (χ0) is 16.1. The van der Waals surface area contributed by atoms with Crippen molar-refractivity contribution >= 4 is 12.1 Å². The fourth-order valence-corrected chi connectivity index (χ4v) is 2.71. The van der Waals surface area contributed by atoms with E-state index < -0.39 is 12.2 Å². The summed E-state index contributed by atoms with van der Waals surface area (Å²) in [6.07, 6.45) is -0.292. The smallest absolute Gasteiger partial charge is 0.407 e. The molecule has 1 fully saturated rings. The molecule has 0 aliphatic carbocycles. The van der Waals surface area contributed by atoms with Crippen molar-refractivity contribution in [2.45, 2.75) is 25.9 Å². The standard InChI is InChI=1S/C16H21NO5/c1-2-22-15(19)13-5-3-11(4-6-13)14(18)12-7-9-17(10-8-12)16(20)21/h3-6,12,14,18H,2,7-10H2,1H3,(H,20,21). The van der Waals surface area contributed by atoms with Crippen LogP contribution in [-0.2, 0) is 4.74 Å². The first-order chi connectivity index (χ1) is 10.5. The minimum Gasteiger partial charge on any atom is -0.465 e. The van der Waals surface area contributed by atoms with Gasteiger partial charge in [0.15, 0.2) is 0 Å². The van der Waals surface area contributed by atoms with Crippen molar-refractivity contribution < 1.29 is 24.5 Å². The molecule has 2 rings (SSSR count). The third kappa shape index (κ3) is 3.76. The summed E-state index contributed by atoms with van der Waals surface area (Å²) in [5, 5.41) is 19.3. The number of ether oxygens (including phenoxy) is 1. The third-order valence-corrected chi connectivity index (χ3v) is 4.02. The van der Waals surface area contributed by atoms with Crippen LogP contribution in [0.2, 0.25) is 0 Å². The molecule has 1 aromatic rings. The second kappa shape index (κ2) is 7.26. The summed E-state index contributed by atoms with van der Waals surface area (Å²) in [5.41, 5.74) is 1.19. The Hall–Kier alpha value is -2.08. The number of carboxylic acid groups (broad SMARTS) is 1. The fourth-order valence-electron chi connectivity index (χ4n) is 2.71. The van der Waals surface area contributed by atoms with Crippen LogP contribution in [0.5, 0.6) is 0 Å². The zero-order valence-electron chi connectivity index (χ0n) is 12.6. The number of likely N-dealkylation sites (tertiary alicyclic amines) is 1. The molecule has 6 nitrogen and oxygen atoms in total. The second-order valence-corrected chi connectivity index (χ2v) is 5.39. The van der Waals surface area contributed by atoms with Crippen molar-refractivity contribution in [3.8, 4) is 0 Å². The maximum absolute atomic E-state index is 11.6. The predicted molar refractivity (Wildman–Crippen MR) is 79.7 cm³/mol. The van der Waals surface area contributed by atoms with Gasteiger partial charge in [-0.3, -0.25) is 0 Å². The first-order valence-electron chi connectivity index (χ1n) is 7.46. The molecular formula is C16H21NO5. The van der Waals surface area contributed by atoms with Gasteiger partial charge in [-0.2, -0.15) is 0 Å². The van der Waals surface area contributed by atoms with Gasteiger partial charge >= 0.3 is 12.1 Å². The SMILES string of the molecule is CCOC(=O)c1ccc(C(O)C2CCN(C(=O)O)CC2)cc1. The summed E-state index contributed by atoms with van der Waals surface area (Å²) < 4.78 is 4.92. The molecule has 1 aliphatic heterocycles. The van der Waals surface area contributed by atoms with Gasteiger partial charge in [-0.25, -0.2) is 9.59 Å². The number of esters is 1. The van der Waals surface area contributed by atoms with Crippen molar-refractivity contribution in [2.24, 2.45) is 5.92 Å². The van der Waals surface area contributed by atoms with Crippen LogP contribution >= 0.6 is 0 Å². The molecule has 2 N–H and O–H groups in total. The Bertz CT molecular complexity index is 520. The number of aliphatic hydroxyl groups is 1. The summed E-state index contributed by atoms with van der Waals surface area (Å²) in [6.45, 7) is 2.96. The van der Waals surface area contributed by atoms with Crippen molar-refractivity contribution in [1.82, 2.24) is 4.90 Å². The normalized spacial score (nSPS) is 17.1. The van der Waals surface area contributed by atoms with Crippen LogP contribution in [-0.4, -0.2) is 46.9 Å². The highest BCUT2D eigenvalue weighted by Crippen LogP contribution is 2.30. The number of carbonyl (C=O) groups excluding carboxylic acids is 1. The lowest BCUT2D eigenvalue weighted by molar-refractivity contribution is 0.0524. The molecule has 1 heterocycles. The predicted octanol–water partition coefficient (Wildman–Crippen LogP) is 2.29. The zero-order valence-corrected chi connectivity index (χ0v) is 12.6. The average Bonchev–Trinajstić information content (AvgIpc) is 2.54. The van der Waals surface area contributed by atoms with E-state index in [9.17, 15) is 14.7 Å². The molecule has 1 aliphatic rings. The van der Waals surface area contributed by atoms with Crippen LogP contribution in [0.15, 0.2) is 24.3 Å². The highest BCUT2D eigenvalue weighted by Gasteiger charge is 2.28. The molecule has 0 bridgehead atoms. The van der Waals surface area contributed by atoms with Gasteiger partial charge in [0.25, 0.3) is 0 Å². The number of amides is 1. The molecule has 22 heavy (non-hydrogen) atoms. The number of aliphatic hydroxyl groups excluding tert-OH is 1. The van der Waals surface area contributed by atoms with Crippen LogP contribution < -0.4 is 0 Å².